The van der Waals surface area contributed by atoms with Gasteiger partial charge in [0.05, 0.1) is 5.97 Å². The van der Waals surface area contributed by atoms with Crippen LogP contribution in [0.4, 0.5) is 0 Å². The Bertz CT molecular complexity index is 318. The Labute approximate surface area is 104 Å². The second-order valence-corrected chi connectivity index (χ2v) is 3.58. The minimum atomic E-state index is -2.33. The van der Waals surface area contributed by atoms with E-state index in [4.69, 9.17) is 10.2 Å². The Morgan fingerprint density at radius 3 is 1.83 bits per heavy atom. The van der Waals surface area contributed by atoms with Gasteiger partial charge >= 0.3 is 0 Å². The molecule has 0 rings (SSSR count). The summed E-state index contributed by atoms with van der Waals surface area (Å²) in [5.41, 5.74) is -0.695. The molecule has 0 aliphatic rings. The predicted molar refractivity (Wildman–Crippen MR) is 56.5 cm³/mol. The molecule has 104 valence electrons. The van der Waals surface area contributed by atoms with Crippen LogP contribution in [0.5, 0.6) is 0 Å². The summed E-state index contributed by atoms with van der Waals surface area (Å²) in [6.07, 6.45) is -0.0703. The lowest BCUT2D eigenvalue weighted by Gasteiger charge is -2.23. The van der Waals surface area contributed by atoms with E-state index in [9.17, 15) is 24.6 Å². The topological polar surface area (TPSA) is 138 Å². The highest BCUT2D eigenvalue weighted by Gasteiger charge is 2.26. The van der Waals surface area contributed by atoms with Gasteiger partial charge in [0, 0.05) is 24.4 Å². The molecule has 0 atom stereocenters. The summed E-state index contributed by atoms with van der Waals surface area (Å²) >= 11 is 0. The van der Waals surface area contributed by atoms with Crippen LogP contribution in [0.2, 0.25) is 0 Å². The number of Topliss-reactive ketones (excluding diaryl/α,β-unsaturated/α-hetero) is 1. The molecule has 0 aromatic carbocycles. The second-order valence-electron chi connectivity index (χ2n) is 3.58. The number of ketones is 1. The number of rotatable bonds is 6. The molecule has 0 saturated carbocycles. The monoisotopic (exact) mass is 260 g/mol. The van der Waals surface area contributed by atoms with E-state index in [1.807, 2.05) is 0 Å². The predicted octanol–water partition coefficient (Wildman–Crippen LogP) is -2.51. The molecule has 0 amide bonds. The van der Waals surface area contributed by atoms with E-state index >= 15 is 0 Å². The summed E-state index contributed by atoms with van der Waals surface area (Å²) in [5.74, 6) is -5.65. The molecule has 18 heavy (non-hydrogen) atoms. The third kappa shape index (κ3) is 9.49. The fourth-order valence-corrected chi connectivity index (χ4v) is 0.866. The standard InChI is InChI=1S/C7H12O4.C4H6O3/c1-3-4-7(10,11)5(2)6(8)9;1-3(5)2-4(6)7/h10-11H,2-4H2,1H3,(H,8,9);2H2,1H3,(H,6,7)/p-2. The van der Waals surface area contributed by atoms with Crippen LogP contribution in [0, 0.1) is 0 Å². The van der Waals surface area contributed by atoms with Crippen molar-refractivity contribution in [1.29, 1.82) is 0 Å². The first-order valence-electron chi connectivity index (χ1n) is 5.09. The van der Waals surface area contributed by atoms with Gasteiger partial charge in [-0.2, -0.15) is 0 Å². The zero-order valence-electron chi connectivity index (χ0n) is 10.3. The minimum Gasteiger partial charge on any atom is -0.550 e. The van der Waals surface area contributed by atoms with Gasteiger partial charge < -0.3 is 30.0 Å². The van der Waals surface area contributed by atoms with Gasteiger partial charge in [0.15, 0.2) is 5.79 Å². The lowest BCUT2D eigenvalue weighted by molar-refractivity contribution is -0.306. The number of aliphatic hydroxyl groups is 2. The van der Waals surface area contributed by atoms with Crippen molar-refractivity contribution in [2.24, 2.45) is 0 Å². The maximum Gasteiger partial charge on any atom is 0.190 e. The number of carbonyl (C=O) groups excluding carboxylic acids is 3. The van der Waals surface area contributed by atoms with Crippen LogP contribution in [-0.4, -0.2) is 33.7 Å². The van der Waals surface area contributed by atoms with E-state index in [2.05, 4.69) is 6.58 Å². The van der Waals surface area contributed by atoms with Crippen molar-refractivity contribution >= 4 is 17.7 Å². The summed E-state index contributed by atoms with van der Waals surface area (Å²) < 4.78 is 0. The minimum absolute atomic E-state index is 0.0557. The lowest BCUT2D eigenvalue weighted by Crippen LogP contribution is -2.40. The molecule has 2 N–H and O–H groups in total. The molecule has 7 heteroatoms. The zero-order valence-corrected chi connectivity index (χ0v) is 10.3. The van der Waals surface area contributed by atoms with Crippen LogP contribution in [0.1, 0.15) is 33.1 Å². The van der Waals surface area contributed by atoms with Crippen LogP contribution in [0.3, 0.4) is 0 Å². The summed E-state index contributed by atoms with van der Waals surface area (Å²) in [6.45, 7) is 5.88. The third-order valence-corrected chi connectivity index (χ3v) is 1.72. The van der Waals surface area contributed by atoms with Crippen molar-refractivity contribution in [3.63, 3.8) is 0 Å². The van der Waals surface area contributed by atoms with Gasteiger partial charge in [-0.15, -0.1) is 0 Å². The Hall–Kier alpha value is -1.73. The molecule has 0 aliphatic heterocycles. The lowest BCUT2D eigenvalue weighted by atomic mass is 10.0. The van der Waals surface area contributed by atoms with Crippen molar-refractivity contribution in [3.05, 3.63) is 12.2 Å². The van der Waals surface area contributed by atoms with Gasteiger partial charge in [-0.05, 0) is 6.92 Å². The number of hydrogen-bond acceptors (Lipinski definition) is 7. The molecular weight excluding hydrogens is 244 g/mol. The van der Waals surface area contributed by atoms with Crippen LogP contribution in [-0.2, 0) is 14.4 Å². The molecule has 0 unspecified atom stereocenters. The first kappa shape index (κ1) is 18.6. The number of carboxylic acids is 2. The second kappa shape index (κ2) is 8.37. The van der Waals surface area contributed by atoms with Crippen LogP contribution < -0.4 is 10.2 Å². The van der Waals surface area contributed by atoms with Gasteiger partial charge in [-0.25, -0.2) is 0 Å². The van der Waals surface area contributed by atoms with Crippen molar-refractivity contribution in [2.75, 3.05) is 0 Å². The average Bonchev–Trinajstić information content (AvgIpc) is 2.14. The highest BCUT2D eigenvalue weighted by molar-refractivity contribution is 5.92. The summed E-state index contributed by atoms with van der Waals surface area (Å²) in [4.78, 5) is 29.4. The van der Waals surface area contributed by atoms with E-state index in [-0.39, 0.29) is 12.2 Å². The Balaban J connectivity index is 0. The summed E-state index contributed by atoms with van der Waals surface area (Å²) in [5, 5.41) is 37.5. The fraction of sp³-hybridized carbons (Fsp3) is 0.545. The first-order valence-corrected chi connectivity index (χ1v) is 5.09. The SMILES string of the molecule is C=C(C(=O)[O-])C(O)(O)CCC.CC(=O)CC(=O)[O-]. The molecule has 0 heterocycles. The van der Waals surface area contributed by atoms with E-state index in [0.29, 0.717) is 6.42 Å². The fourth-order valence-electron chi connectivity index (χ4n) is 0.866. The molecule has 0 radical (unpaired) electrons. The first-order chi connectivity index (χ1) is 8.04. The largest absolute Gasteiger partial charge is 0.550 e. The van der Waals surface area contributed by atoms with E-state index in [1.165, 1.54) is 6.92 Å². The van der Waals surface area contributed by atoms with Gasteiger partial charge in [-0.3, -0.25) is 4.79 Å². The molecule has 0 aromatic rings. The van der Waals surface area contributed by atoms with Crippen molar-refractivity contribution in [3.8, 4) is 0 Å². The normalized spacial score (nSPS) is 10.0. The molecule has 0 aliphatic carbocycles. The highest BCUT2D eigenvalue weighted by atomic mass is 16.5. The van der Waals surface area contributed by atoms with Crippen LogP contribution in [0.15, 0.2) is 12.2 Å². The number of carboxylic acid groups (broad SMARTS) is 2. The number of hydrogen-bond donors (Lipinski definition) is 2. The van der Waals surface area contributed by atoms with Gasteiger partial charge in [0.2, 0.25) is 0 Å². The summed E-state index contributed by atoms with van der Waals surface area (Å²) in [6, 6.07) is 0. The molecule has 0 saturated heterocycles. The van der Waals surface area contributed by atoms with Crippen LogP contribution >= 0.6 is 0 Å². The zero-order chi connectivity index (χ0) is 14.9. The molecular formula is C11H16O7-2. The quantitative estimate of drug-likeness (QED) is 0.305. The van der Waals surface area contributed by atoms with E-state index < -0.39 is 29.7 Å². The van der Waals surface area contributed by atoms with Crippen molar-refractivity contribution in [1.82, 2.24) is 0 Å². The maximum atomic E-state index is 10.1. The van der Waals surface area contributed by atoms with E-state index in [0.717, 1.165) is 0 Å². The molecule has 7 nitrogen and oxygen atoms in total. The Morgan fingerprint density at radius 2 is 1.67 bits per heavy atom. The summed E-state index contributed by atoms with van der Waals surface area (Å²) in [7, 11) is 0. The van der Waals surface area contributed by atoms with E-state index in [1.54, 1.807) is 6.92 Å². The smallest absolute Gasteiger partial charge is 0.190 e. The Kier molecular flexibility index (Phi) is 8.67. The van der Waals surface area contributed by atoms with Gasteiger partial charge in [0.25, 0.3) is 0 Å². The van der Waals surface area contributed by atoms with Gasteiger partial charge in [-0.1, -0.05) is 19.9 Å². The Morgan fingerprint density at radius 1 is 1.22 bits per heavy atom. The van der Waals surface area contributed by atoms with Crippen LogP contribution in [0.25, 0.3) is 0 Å². The highest BCUT2D eigenvalue weighted by Crippen LogP contribution is 2.16. The van der Waals surface area contributed by atoms with Crippen molar-refractivity contribution in [2.45, 2.75) is 38.9 Å². The molecule has 0 aromatic heterocycles. The van der Waals surface area contributed by atoms with Crippen molar-refractivity contribution < 1.29 is 34.8 Å². The number of aliphatic carboxylic acids is 2. The van der Waals surface area contributed by atoms with Gasteiger partial charge in [0.1, 0.15) is 5.78 Å². The molecule has 0 fully saturated rings. The third-order valence-electron chi connectivity index (χ3n) is 1.72. The number of carbonyl (C=O) groups is 3. The average molecular weight is 260 g/mol. The molecule has 0 bridgehead atoms. The molecule has 0 spiro atoms. The maximum absolute atomic E-state index is 10.1.